The molecular formula is C60H37F3N6. The second kappa shape index (κ2) is 15.8. The van der Waals surface area contributed by atoms with Crippen LogP contribution < -0.4 is 0 Å². The number of hydrogen-bond acceptors (Lipinski definition) is 3. The SMILES string of the molecule is FC(F)(F)c1cc(-c2nc(-c3ccccc3)nc(-c3ccccc3)n2)cc(-n2c3ccc(-c4ccc5c(c4)c4ccccc4n5-c4ccccc4)cc3c3ccc4c(ccn4-c4ccccc4)c32)c1. The maximum atomic E-state index is 15.3. The molecule has 0 aliphatic carbocycles. The summed E-state index contributed by atoms with van der Waals surface area (Å²) < 4.78 is 52.4. The molecule has 6 nitrogen and oxygen atoms in total. The third-order valence-corrected chi connectivity index (χ3v) is 13.1. The van der Waals surface area contributed by atoms with Gasteiger partial charge in [-0.25, -0.2) is 15.0 Å². The van der Waals surface area contributed by atoms with Gasteiger partial charge in [0.1, 0.15) is 0 Å². The van der Waals surface area contributed by atoms with E-state index in [0.717, 1.165) is 94.2 Å². The summed E-state index contributed by atoms with van der Waals surface area (Å²) in [4.78, 5) is 14.5. The number of hydrogen-bond donors (Lipinski definition) is 0. The van der Waals surface area contributed by atoms with E-state index < -0.39 is 11.7 Å². The van der Waals surface area contributed by atoms with E-state index in [4.69, 9.17) is 15.0 Å². The molecule has 0 spiro atoms. The Morgan fingerprint density at radius 1 is 0.319 bits per heavy atom. The number of para-hydroxylation sites is 3. The van der Waals surface area contributed by atoms with Gasteiger partial charge in [-0.1, -0.05) is 133 Å². The van der Waals surface area contributed by atoms with E-state index in [2.05, 4.69) is 106 Å². The van der Waals surface area contributed by atoms with Crippen molar-refractivity contribution in [2.24, 2.45) is 0 Å². The molecule has 0 amide bonds. The summed E-state index contributed by atoms with van der Waals surface area (Å²) in [6.45, 7) is 0. The van der Waals surface area contributed by atoms with E-state index in [1.807, 2.05) is 114 Å². The molecule has 9 heteroatoms. The molecule has 0 bridgehead atoms. The smallest absolute Gasteiger partial charge is 0.316 e. The predicted octanol–water partition coefficient (Wildman–Crippen LogP) is 15.7. The lowest BCUT2D eigenvalue weighted by atomic mass is 10.0. The molecule has 0 unspecified atom stereocenters. The van der Waals surface area contributed by atoms with Crippen molar-refractivity contribution in [3.8, 4) is 62.4 Å². The highest BCUT2D eigenvalue weighted by Gasteiger charge is 2.33. The molecule has 0 fully saturated rings. The van der Waals surface area contributed by atoms with E-state index in [9.17, 15) is 0 Å². The number of aromatic nitrogens is 6. The van der Waals surface area contributed by atoms with Gasteiger partial charge >= 0.3 is 6.18 Å². The van der Waals surface area contributed by atoms with Crippen molar-refractivity contribution in [2.75, 3.05) is 0 Å². The molecule has 13 aromatic rings. The Bertz CT molecular complexity index is 4040. The quantitative estimate of drug-likeness (QED) is 0.160. The van der Waals surface area contributed by atoms with E-state index in [-0.39, 0.29) is 11.4 Å². The van der Waals surface area contributed by atoms with Crippen molar-refractivity contribution >= 4 is 54.5 Å². The van der Waals surface area contributed by atoms with Crippen molar-refractivity contribution in [3.05, 3.63) is 230 Å². The molecule has 13 rings (SSSR count). The van der Waals surface area contributed by atoms with Gasteiger partial charge in [0.05, 0.1) is 33.1 Å². The molecule has 0 atom stereocenters. The van der Waals surface area contributed by atoms with Gasteiger partial charge in [-0.05, 0) is 96.1 Å². The second-order valence-corrected chi connectivity index (χ2v) is 17.2. The van der Waals surface area contributed by atoms with Crippen molar-refractivity contribution in [1.82, 2.24) is 28.7 Å². The van der Waals surface area contributed by atoms with Crippen LogP contribution in [0, 0.1) is 0 Å². The largest absolute Gasteiger partial charge is 0.416 e. The molecule has 0 radical (unpaired) electrons. The monoisotopic (exact) mass is 898 g/mol. The summed E-state index contributed by atoms with van der Waals surface area (Å²) in [7, 11) is 0. The molecule has 328 valence electrons. The Balaban J connectivity index is 1.06. The van der Waals surface area contributed by atoms with Crippen LogP contribution in [0.15, 0.2) is 225 Å². The molecule has 4 heterocycles. The number of benzene rings is 9. The first-order chi connectivity index (χ1) is 33.8. The first-order valence-electron chi connectivity index (χ1n) is 22.7. The van der Waals surface area contributed by atoms with Crippen LogP contribution >= 0.6 is 0 Å². The number of rotatable bonds is 7. The van der Waals surface area contributed by atoms with E-state index in [1.54, 1.807) is 6.07 Å². The van der Waals surface area contributed by atoms with Crippen molar-refractivity contribution in [2.45, 2.75) is 6.18 Å². The van der Waals surface area contributed by atoms with Crippen LogP contribution in [-0.2, 0) is 6.18 Å². The zero-order chi connectivity index (χ0) is 46.2. The minimum atomic E-state index is -4.69. The Hall–Kier alpha value is -9.08. The summed E-state index contributed by atoms with van der Waals surface area (Å²) >= 11 is 0. The van der Waals surface area contributed by atoms with Crippen LogP contribution in [0.3, 0.4) is 0 Å². The lowest BCUT2D eigenvalue weighted by molar-refractivity contribution is -0.137. The summed E-state index contributed by atoms with van der Waals surface area (Å²) in [5, 5.41) is 4.97. The molecule has 0 aliphatic heterocycles. The number of alkyl halides is 3. The Morgan fingerprint density at radius 3 is 1.45 bits per heavy atom. The fourth-order valence-corrected chi connectivity index (χ4v) is 9.97. The minimum Gasteiger partial charge on any atom is -0.316 e. The maximum Gasteiger partial charge on any atom is 0.416 e. The highest BCUT2D eigenvalue weighted by molar-refractivity contribution is 6.19. The molecule has 0 N–H and O–H groups in total. The molecular weight excluding hydrogens is 862 g/mol. The summed E-state index contributed by atoms with van der Waals surface area (Å²) in [5.41, 5.74) is 9.89. The lowest BCUT2D eigenvalue weighted by Gasteiger charge is -2.16. The lowest BCUT2D eigenvalue weighted by Crippen LogP contribution is -2.08. The summed E-state index contributed by atoms with van der Waals surface area (Å²) in [6, 6.07) is 70.9. The van der Waals surface area contributed by atoms with Crippen molar-refractivity contribution in [3.63, 3.8) is 0 Å². The Morgan fingerprint density at radius 2 is 0.826 bits per heavy atom. The van der Waals surface area contributed by atoms with Gasteiger partial charge in [0.25, 0.3) is 0 Å². The van der Waals surface area contributed by atoms with Gasteiger partial charge in [0.2, 0.25) is 0 Å². The van der Waals surface area contributed by atoms with Crippen LogP contribution in [0.25, 0.3) is 117 Å². The third kappa shape index (κ3) is 6.77. The Labute approximate surface area is 393 Å². The fourth-order valence-electron chi connectivity index (χ4n) is 9.97. The van der Waals surface area contributed by atoms with Crippen LogP contribution in [0.4, 0.5) is 13.2 Å². The third-order valence-electron chi connectivity index (χ3n) is 13.1. The fraction of sp³-hybridized carbons (Fsp3) is 0.0167. The zero-order valence-corrected chi connectivity index (χ0v) is 36.7. The van der Waals surface area contributed by atoms with E-state index in [1.165, 1.54) is 6.07 Å². The highest BCUT2D eigenvalue weighted by Crippen LogP contribution is 2.43. The number of fused-ring (bicyclic) bond motifs is 8. The van der Waals surface area contributed by atoms with Gasteiger partial charge in [-0.2, -0.15) is 13.2 Å². The normalized spacial score (nSPS) is 12.0. The molecule has 9 aromatic carbocycles. The Kier molecular flexibility index (Phi) is 9.20. The minimum absolute atomic E-state index is 0.127. The van der Waals surface area contributed by atoms with Gasteiger partial charge in [-0.15, -0.1) is 0 Å². The van der Waals surface area contributed by atoms with Crippen LogP contribution in [0.2, 0.25) is 0 Å². The maximum absolute atomic E-state index is 15.3. The van der Waals surface area contributed by atoms with Crippen LogP contribution in [-0.4, -0.2) is 28.7 Å². The molecule has 0 saturated heterocycles. The van der Waals surface area contributed by atoms with Crippen molar-refractivity contribution < 1.29 is 13.2 Å². The average molecular weight is 899 g/mol. The first-order valence-corrected chi connectivity index (χ1v) is 22.7. The van der Waals surface area contributed by atoms with Gasteiger partial charge in [0.15, 0.2) is 17.5 Å². The van der Waals surface area contributed by atoms with Gasteiger partial charge in [-0.3, -0.25) is 0 Å². The highest BCUT2D eigenvalue weighted by atomic mass is 19.4. The molecule has 0 aliphatic rings. The molecule has 69 heavy (non-hydrogen) atoms. The predicted molar refractivity (Wildman–Crippen MR) is 272 cm³/mol. The zero-order valence-electron chi connectivity index (χ0n) is 36.7. The molecule has 4 aromatic heterocycles. The van der Waals surface area contributed by atoms with Gasteiger partial charge in [0, 0.05) is 66.9 Å². The molecule has 0 saturated carbocycles. The van der Waals surface area contributed by atoms with Crippen LogP contribution in [0.5, 0.6) is 0 Å². The van der Waals surface area contributed by atoms with Gasteiger partial charge < -0.3 is 13.7 Å². The topological polar surface area (TPSA) is 53.5 Å². The second-order valence-electron chi connectivity index (χ2n) is 17.2. The van der Waals surface area contributed by atoms with Crippen molar-refractivity contribution in [1.29, 1.82) is 0 Å². The number of nitrogens with zero attached hydrogens (tertiary/aromatic N) is 6. The number of halogens is 3. The summed E-state index contributed by atoms with van der Waals surface area (Å²) in [5.74, 6) is 0.840. The van der Waals surface area contributed by atoms with E-state index in [0.29, 0.717) is 17.3 Å². The first kappa shape index (κ1) is 40.2. The summed E-state index contributed by atoms with van der Waals surface area (Å²) in [6.07, 6.45) is -2.67. The standard InChI is InChI=1S/C60H37F3N6/c61-60(62,63)43-33-42(59-65-57(38-15-5-1-6-16-38)64-58(66-59)39-17-7-2-8-18-39)34-46(37-43)69-55-29-26-41(36-51(55)48-27-30-52-49(56(48)69)31-32-67(52)44-19-9-3-10-20-44)40-25-28-54-50(35-40)47-23-13-14-24-53(47)68(54)45-21-11-4-12-22-45/h1-37H. The van der Waals surface area contributed by atoms with E-state index >= 15 is 13.2 Å². The van der Waals surface area contributed by atoms with Crippen LogP contribution in [0.1, 0.15) is 5.56 Å². The average Bonchev–Trinajstić information content (AvgIpc) is 4.09.